The molecule has 1 N–H and O–H groups in total. The summed E-state index contributed by atoms with van der Waals surface area (Å²) in [7, 11) is 3.57. The third-order valence-electron chi connectivity index (χ3n) is 4.11. The molecule has 5 heteroatoms. The molecule has 0 bridgehead atoms. The van der Waals surface area contributed by atoms with E-state index in [0.717, 1.165) is 44.8 Å². The molecule has 1 saturated carbocycles. The number of piperidine rings is 1. The van der Waals surface area contributed by atoms with Crippen molar-refractivity contribution < 1.29 is 9.53 Å². The molecule has 0 aromatic heterocycles. The lowest BCUT2D eigenvalue weighted by Gasteiger charge is -2.37. The Bertz CT molecular complexity index is 276. The first-order valence-electron chi connectivity index (χ1n) is 6.69. The lowest BCUT2D eigenvalue weighted by Crippen LogP contribution is -2.54. The number of carbonyl (C=O) groups excluding carboxylic acids is 1. The summed E-state index contributed by atoms with van der Waals surface area (Å²) in [5, 5.41) is 3.28. The highest BCUT2D eigenvalue weighted by molar-refractivity contribution is 5.85. The van der Waals surface area contributed by atoms with Crippen molar-refractivity contribution in [2.24, 2.45) is 5.92 Å². The summed E-state index contributed by atoms with van der Waals surface area (Å²) in [6.45, 7) is 2.62. The molecule has 2 fully saturated rings. The fraction of sp³-hybridized carbons (Fsp3) is 0.923. The predicted molar refractivity (Wildman–Crippen MR) is 74.1 cm³/mol. The summed E-state index contributed by atoms with van der Waals surface area (Å²) in [6.07, 6.45) is 5.43. The average molecular weight is 277 g/mol. The van der Waals surface area contributed by atoms with E-state index in [2.05, 4.69) is 5.32 Å². The standard InChI is InChI=1S/C13H24N2O2.ClH/c1-15(10-5-11-3-4-11)12(16)13(17-2)6-8-14-9-7-13;/h11,14H,3-10H2,1-2H3;1H. The highest BCUT2D eigenvalue weighted by Gasteiger charge is 2.41. The molecular weight excluding hydrogens is 252 g/mol. The molecule has 1 heterocycles. The minimum absolute atomic E-state index is 0. The second kappa shape index (κ2) is 6.73. The van der Waals surface area contributed by atoms with Gasteiger partial charge in [0.15, 0.2) is 0 Å². The van der Waals surface area contributed by atoms with E-state index in [4.69, 9.17) is 4.74 Å². The van der Waals surface area contributed by atoms with Crippen LogP contribution in [0.2, 0.25) is 0 Å². The van der Waals surface area contributed by atoms with Crippen LogP contribution in [0.4, 0.5) is 0 Å². The summed E-state index contributed by atoms with van der Waals surface area (Å²) in [5.74, 6) is 1.04. The van der Waals surface area contributed by atoms with Gasteiger partial charge in [0, 0.05) is 20.7 Å². The third-order valence-corrected chi connectivity index (χ3v) is 4.11. The molecule has 106 valence electrons. The second-order valence-corrected chi connectivity index (χ2v) is 5.41. The van der Waals surface area contributed by atoms with Gasteiger partial charge in [-0.15, -0.1) is 12.4 Å². The van der Waals surface area contributed by atoms with Crippen molar-refractivity contribution in [1.82, 2.24) is 10.2 Å². The van der Waals surface area contributed by atoms with Crippen LogP contribution >= 0.6 is 12.4 Å². The number of methoxy groups -OCH3 is 1. The molecule has 0 aromatic rings. The maximum atomic E-state index is 12.5. The van der Waals surface area contributed by atoms with Crippen molar-refractivity contribution in [3.8, 4) is 0 Å². The summed E-state index contributed by atoms with van der Waals surface area (Å²) in [6, 6.07) is 0. The van der Waals surface area contributed by atoms with Gasteiger partial charge in [-0.1, -0.05) is 12.8 Å². The highest BCUT2D eigenvalue weighted by Crippen LogP contribution is 2.33. The second-order valence-electron chi connectivity index (χ2n) is 5.41. The van der Waals surface area contributed by atoms with Gasteiger partial charge in [-0.3, -0.25) is 4.79 Å². The number of nitrogens with zero attached hydrogens (tertiary/aromatic N) is 1. The normalized spacial score (nSPS) is 22.1. The number of hydrogen-bond donors (Lipinski definition) is 1. The van der Waals surface area contributed by atoms with Gasteiger partial charge in [-0.05, 0) is 38.3 Å². The van der Waals surface area contributed by atoms with E-state index in [1.165, 1.54) is 12.8 Å². The summed E-state index contributed by atoms with van der Waals surface area (Å²) < 4.78 is 5.55. The molecule has 0 aromatic carbocycles. The lowest BCUT2D eigenvalue weighted by molar-refractivity contribution is -0.157. The van der Waals surface area contributed by atoms with Crippen LogP contribution in [-0.2, 0) is 9.53 Å². The van der Waals surface area contributed by atoms with Crippen molar-refractivity contribution in [2.45, 2.75) is 37.7 Å². The largest absolute Gasteiger partial charge is 0.368 e. The van der Waals surface area contributed by atoms with E-state index in [-0.39, 0.29) is 18.3 Å². The molecule has 1 aliphatic heterocycles. The molecule has 2 rings (SSSR count). The van der Waals surface area contributed by atoms with Crippen LogP contribution in [0.15, 0.2) is 0 Å². The topological polar surface area (TPSA) is 41.6 Å². The van der Waals surface area contributed by atoms with Gasteiger partial charge in [0.2, 0.25) is 0 Å². The molecule has 0 spiro atoms. The fourth-order valence-corrected chi connectivity index (χ4v) is 2.57. The number of hydrogen-bond acceptors (Lipinski definition) is 3. The third kappa shape index (κ3) is 3.59. The van der Waals surface area contributed by atoms with Crippen molar-refractivity contribution in [3.05, 3.63) is 0 Å². The van der Waals surface area contributed by atoms with E-state index in [1.807, 2.05) is 11.9 Å². The van der Waals surface area contributed by atoms with Gasteiger partial charge in [-0.25, -0.2) is 0 Å². The van der Waals surface area contributed by atoms with Crippen LogP contribution < -0.4 is 5.32 Å². The number of carbonyl (C=O) groups is 1. The number of rotatable bonds is 5. The molecule has 0 radical (unpaired) electrons. The van der Waals surface area contributed by atoms with Crippen LogP contribution in [0, 0.1) is 5.92 Å². The zero-order chi connectivity index (χ0) is 12.3. The SMILES string of the molecule is COC1(C(=O)N(C)CCC2CC2)CCNCC1.Cl. The van der Waals surface area contributed by atoms with Gasteiger partial charge in [0.05, 0.1) is 0 Å². The maximum Gasteiger partial charge on any atom is 0.254 e. The fourth-order valence-electron chi connectivity index (χ4n) is 2.57. The van der Waals surface area contributed by atoms with Gasteiger partial charge in [0.25, 0.3) is 5.91 Å². The maximum absolute atomic E-state index is 12.5. The Morgan fingerprint density at radius 3 is 2.50 bits per heavy atom. The summed E-state index contributed by atoms with van der Waals surface area (Å²) in [4.78, 5) is 14.3. The molecule has 1 saturated heterocycles. The van der Waals surface area contributed by atoms with Crippen LogP contribution in [0.1, 0.15) is 32.1 Å². The Morgan fingerprint density at radius 2 is 2.00 bits per heavy atom. The first-order valence-corrected chi connectivity index (χ1v) is 6.69. The number of likely N-dealkylation sites (N-methyl/N-ethyl adjacent to an activating group) is 1. The first kappa shape index (κ1) is 15.7. The van der Waals surface area contributed by atoms with E-state index in [9.17, 15) is 4.79 Å². The van der Waals surface area contributed by atoms with Gasteiger partial charge >= 0.3 is 0 Å². The van der Waals surface area contributed by atoms with Crippen molar-refractivity contribution >= 4 is 18.3 Å². The Balaban J connectivity index is 0.00000162. The number of nitrogens with one attached hydrogen (secondary N) is 1. The molecule has 1 amide bonds. The molecular formula is C13H25ClN2O2. The molecule has 2 aliphatic rings. The van der Waals surface area contributed by atoms with E-state index in [1.54, 1.807) is 7.11 Å². The number of halogens is 1. The quantitative estimate of drug-likeness (QED) is 0.826. The van der Waals surface area contributed by atoms with E-state index >= 15 is 0 Å². The molecule has 1 aliphatic carbocycles. The van der Waals surface area contributed by atoms with Gasteiger partial charge in [-0.2, -0.15) is 0 Å². The van der Waals surface area contributed by atoms with E-state index < -0.39 is 5.60 Å². The zero-order valence-electron chi connectivity index (χ0n) is 11.4. The molecule has 0 atom stereocenters. The molecule has 18 heavy (non-hydrogen) atoms. The average Bonchev–Trinajstić information content (AvgIpc) is 3.20. The van der Waals surface area contributed by atoms with Crippen molar-refractivity contribution in [1.29, 1.82) is 0 Å². The highest BCUT2D eigenvalue weighted by atomic mass is 35.5. The number of ether oxygens (including phenoxy) is 1. The van der Waals surface area contributed by atoms with Crippen molar-refractivity contribution in [2.75, 3.05) is 33.8 Å². The monoisotopic (exact) mass is 276 g/mol. The van der Waals surface area contributed by atoms with Crippen LogP contribution in [0.3, 0.4) is 0 Å². The number of amides is 1. The van der Waals surface area contributed by atoms with Crippen LogP contribution in [0.25, 0.3) is 0 Å². The first-order chi connectivity index (χ1) is 8.18. The molecule has 4 nitrogen and oxygen atoms in total. The Hall–Kier alpha value is -0.320. The Labute approximate surface area is 116 Å². The Kier molecular flexibility index (Phi) is 5.89. The summed E-state index contributed by atoms with van der Waals surface area (Å²) >= 11 is 0. The van der Waals surface area contributed by atoms with Crippen molar-refractivity contribution in [3.63, 3.8) is 0 Å². The predicted octanol–water partition coefficient (Wildman–Crippen LogP) is 1.44. The minimum atomic E-state index is -0.566. The summed E-state index contributed by atoms with van der Waals surface area (Å²) in [5.41, 5.74) is -0.566. The van der Waals surface area contributed by atoms with E-state index in [0.29, 0.717) is 0 Å². The Morgan fingerprint density at radius 1 is 1.39 bits per heavy atom. The van der Waals surface area contributed by atoms with Gasteiger partial charge < -0.3 is 15.0 Å². The minimum Gasteiger partial charge on any atom is -0.368 e. The zero-order valence-corrected chi connectivity index (χ0v) is 12.2. The van der Waals surface area contributed by atoms with Crippen LogP contribution in [0.5, 0.6) is 0 Å². The molecule has 0 unspecified atom stereocenters. The lowest BCUT2D eigenvalue weighted by atomic mass is 9.90. The smallest absolute Gasteiger partial charge is 0.254 e. The van der Waals surface area contributed by atoms with Crippen LogP contribution in [-0.4, -0.2) is 50.2 Å². The van der Waals surface area contributed by atoms with Gasteiger partial charge in [0.1, 0.15) is 5.60 Å².